The first-order chi connectivity index (χ1) is 15.1. The summed E-state index contributed by atoms with van der Waals surface area (Å²) in [5, 5.41) is 4.95. The van der Waals surface area contributed by atoms with Gasteiger partial charge in [-0.3, -0.25) is 9.69 Å². The predicted molar refractivity (Wildman–Crippen MR) is 130 cm³/mol. The van der Waals surface area contributed by atoms with Crippen LogP contribution in [0.3, 0.4) is 0 Å². The fourth-order valence-corrected chi connectivity index (χ4v) is 4.02. The molecule has 0 aliphatic carbocycles. The Morgan fingerprint density at radius 2 is 1.94 bits per heavy atom. The number of para-hydroxylation sites is 1. The van der Waals surface area contributed by atoms with E-state index in [1.165, 1.54) is 0 Å². The van der Waals surface area contributed by atoms with Crippen molar-refractivity contribution in [1.29, 1.82) is 0 Å². The monoisotopic (exact) mass is 436 g/mol. The topological polar surface area (TPSA) is 60.6 Å². The smallest absolute Gasteiger partial charge is 0.253 e. The van der Waals surface area contributed by atoms with Gasteiger partial charge in [-0.05, 0) is 54.4 Å². The van der Waals surface area contributed by atoms with Gasteiger partial charge >= 0.3 is 0 Å². The van der Waals surface area contributed by atoms with E-state index in [9.17, 15) is 4.79 Å². The molecule has 0 saturated carbocycles. The summed E-state index contributed by atoms with van der Waals surface area (Å²) in [6.07, 6.45) is 0. The number of aryl methyl sites for hydroxylation is 1. The van der Waals surface area contributed by atoms with E-state index in [0.29, 0.717) is 17.2 Å². The Kier molecular flexibility index (Phi) is 6.96. The summed E-state index contributed by atoms with van der Waals surface area (Å²) in [6.45, 7) is 7.42. The summed E-state index contributed by atoms with van der Waals surface area (Å²) in [6, 6.07) is 18.0. The van der Waals surface area contributed by atoms with Gasteiger partial charge in [0.25, 0.3) is 5.56 Å². The van der Waals surface area contributed by atoms with Crippen LogP contribution >= 0.6 is 12.2 Å². The minimum absolute atomic E-state index is 0.0722. The summed E-state index contributed by atoms with van der Waals surface area (Å²) in [5.74, 6) is 0. The molecule has 2 aromatic carbocycles. The zero-order valence-electron chi connectivity index (χ0n) is 17.8. The molecule has 0 radical (unpaired) electrons. The number of H-pyrrole nitrogens is 1. The molecule has 31 heavy (non-hydrogen) atoms. The fourth-order valence-electron chi connectivity index (χ4n) is 3.75. The number of morpholine rings is 1. The lowest BCUT2D eigenvalue weighted by molar-refractivity contribution is 0.0358. The minimum Gasteiger partial charge on any atom is -0.379 e. The van der Waals surface area contributed by atoms with Crippen molar-refractivity contribution in [3.63, 3.8) is 0 Å². The van der Waals surface area contributed by atoms with Crippen molar-refractivity contribution in [3.05, 3.63) is 76.1 Å². The van der Waals surface area contributed by atoms with E-state index in [1.54, 1.807) is 0 Å². The molecule has 7 heteroatoms. The van der Waals surface area contributed by atoms with Crippen LogP contribution in [0, 0.1) is 6.92 Å². The lowest BCUT2D eigenvalue weighted by atomic mass is 10.1. The number of aromatic amines is 1. The number of pyridine rings is 1. The Morgan fingerprint density at radius 3 is 2.71 bits per heavy atom. The second-order valence-electron chi connectivity index (χ2n) is 7.89. The molecule has 2 heterocycles. The van der Waals surface area contributed by atoms with Gasteiger partial charge in [0, 0.05) is 42.9 Å². The van der Waals surface area contributed by atoms with Crippen LogP contribution in [0.4, 0.5) is 5.69 Å². The third kappa shape index (κ3) is 5.70. The van der Waals surface area contributed by atoms with E-state index < -0.39 is 0 Å². The number of thiocarbonyl (C=S) groups is 1. The van der Waals surface area contributed by atoms with Gasteiger partial charge in [-0.15, -0.1) is 0 Å². The van der Waals surface area contributed by atoms with Gasteiger partial charge in [-0.2, -0.15) is 0 Å². The number of hydrogen-bond donors (Lipinski definition) is 2. The number of hydrogen-bond acceptors (Lipinski definition) is 4. The molecule has 1 fully saturated rings. The highest BCUT2D eigenvalue weighted by molar-refractivity contribution is 7.80. The molecule has 1 aromatic heterocycles. The Bertz CT molecular complexity index is 1090. The molecule has 1 saturated heterocycles. The first-order valence-corrected chi connectivity index (χ1v) is 11.0. The van der Waals surface area contributed by atoms with Crippen LogP contribution in [0.2, 0.25) is 0 Å². The highest BCUT2D eigenvalue weighted by Gasteiger charge is 2.17. The quantitative estimate of drug-likeness (QED) is 0.578. The number of nitrogens with zero attached hydrogens (tertiary/aromatic N) is 2. The Balaban J connectivity index is 1.54. The highest BCUT2D eigenvalue weighted by Crippen LogP contribution is 2.15. The second-order valence-corrected chi connectivity index (χ2v) is 8.27. The average Bonchev–Trinajstić information content (AvgIpc) is 2.78. The van der Waals surface area contributed by atoms with E-state index in [4.69, 9.17) is 17.0 Å². The average molecular weight is 437 g/mol. The van der Waals surface area contributed by atoms with Crippen molar-refractivity contribution in [1.82, 2.24) is 14.8 Å². The first kappa shape index (κ1) is 21.5. The molecule has 3 aromatic rings. The molecular weight excluding hydrogens is 408 g/mol. The minimum atomic E-state index is -0.0722. The van der Waals surface area contributed by atoms with Gasteiger partial charge in [-0.25, -0.2) is 0 Å². The SMILES string of the molecule is Cc1ccc2cc(CN(CCN3CCOCC3)C(=S)Nc3ccccc3)c(=O)[nH]c2c1. The van der Waals surface area contributed by atoms with E-state index in [0.717, 1.165) is 61.5 Å². The van der Waals surface area contributed by atoms with Crippen molar-refractivity contribution in [2.75, 3.05) is 44.7 Å². The molecule has 0 atom stereocenters. The molecule has 0 bridgehead atoms. The number of ether oxygens (including phenoxy) is 1. The van der Waals surface area contributed by atoms with Crippen molar-refractivity contribution in [2.24, 2.45) is 0 Å². The predicted octanol–water partition coefficient (Wildman–Crippen LogP) is 3.37. The maximum absolute atomic E-state index is 12.8. The van der Waals surface area contributed by atoms with Crippen LogP contribution in [0.25, 0.3) is 10.9 Å². The fraction of sp³-hybridized carbons (Fsp3) is 0.333. The zero-order chi connectivity index (χ0) is 21.6. The van der Waals surface area contributed by atoms with Crippen LogP contribution in [0.5, 0.6) is 0 Å². The summed E-state index contributed by atoms with van der Waals surface area (Å²) in [4.78, 5) is 20.3. The van der Waals surface area contributed by atoms with Crippen molar-refractivity contribution in [3.8, 4) is 0 Å². The molecule has 1 aliphatic rings. The summed E-state index contributed by atoms with van der Waals surface area (Å²) >= 11 is 5.74. The van der Waals surface area contributed by atoms with E-state index in [-0.39, 0.29) is 5.56 Å². The van der Waals surface area contributed by atoms with E-state index in [1.807, 2.05) is 55.5 Å². The van der Waals surface area contributed by atoms with Gasteiger partial charge in [0.05, 0.1) is 19.8 Å². The van der Waals surface area contributed by atoms with Crippen molar-refractivity contribution in [2.45, 2.75) is 13.5 Å². The molecule has 162 valence electrons. The number of rotatable bonds is 6. The molecule has 6 nitrogen and oxygen atoms in total. The standard InChI is InChI=1S/C24H28N4O2S/c1-18-7-8-19-16-20(23(29)26-22(19)15-18)17-28(10-9-27-11-13-30-14-12-27)24(31)25-21-5-3-2-4-6-21/h2-8,15-16H,9-14,17H2,1H3,(H,25,31)(H,26,29). The normalized spacial score (nSPS) is 14.5. The molecule has 0 amide bonds. The maximum Gasteiger partial charge on any atom is 0.253 e. The summed E-state index contributed by atoms with van der Waals surface area (Å²) < 4.78 is 5.45. The zero-order valence-corrected chi connectivity index (χ0v) is 18.6. The molecular formula is C24H28N4O2S. The third-order valence-electron chi connectivity index (χ3n) is 5.54. The second kappa shape index (κ2) is 10.0. The lowest BCUT2D eigenvalue weighted by Gasteiger charge is -2.31. The summed E-state index contributed by atoms with van der Waals surface area (Å²) in [7, 11) is 0. The van der Waals surface area contributed by atoms with Gasteiger partial charge in [-0.1, -0.05) is 30.3 Å². The number of benzene rings is 2. The third-order valence-corrected chi connectivity index (χ3v) is 5.90. The number of nitrogens with one attached hydrogen (secondary N) is 2. The molecule has 0 unspecified atom stereocenters. The molecule has 0 spiro atoms. The molecule has 1 aliphatic heterocycles. The van der Waals surface area contributed by atoms with E-state index in [2.05, 4.69) is 26.2 Å². The first-order valence-electron chi connectivity index (χ1n) is 10.6. The number of anilines is 1. The van der Waals surface area contributed by atoms with Gasteiger partial charge in [0.2, 0.25) is 0 Å². The molecule has 2 N–H and O–H groups in total. The Morgan fingerprint density at radius 1 is 1.16 bits per heavy atom. The van der Waals surface area contributed by atoms with Crippen LogP contribution in [-0.4, -0.2) is 59.3 Å². The number of fused-ring (bicyclic) bond motifs is 1. The lowest BCUT2D eigenvalue weighted by Crippen LogP contribution is -2.44. The van der Waals surface area contributed by atoms with Gasteiger partial charge in [0.15, 0.2) is 5.11 Å². The Hall–Kier alpha value is -2.74. The maximum atomic E-state index is 12.8. The van der Waals surface area contributed by atoms with Gasteiger partial charge < -0.3 is 19.9 Å². The number of aromatic nitrogens is 1. The van der Waals surface area contributed by atoms with E-state index >= 15 is 0 Å². The largest absolute Gasteiger partial charge is 0.379 e. The van der Waals surface area contributed by atoms with Gasteiger partial charge in [0.1, 0.15) is 0 Å². The molecule has 4 rings (SSSR count). The van der Waals surface area contributed by atoms with Crippen molar-refractivity contribution < 1.29 is 4.74 Å². The van der Waals surface area contributed by atoms with Crippen LogP contribution < -0.4 is 10.9 Å². The highest BCUT2D eigenvalue weighted by atomic mass is 32.1. The van der Waals surface area contributed by atoms with Crippen LogP contribution in [0.1, 0.15) is 11.1 Å². The Labute approximate surface area is 187 Å². The van der Waals surface area contributed by atoms with Crippen LogP contribution in [-0.2, 0) is 11.3 Å². The summed E-state index contributed by atoms with van der Waals surface area (Å²) in [5.41, 5.74) is 3.55. The van der Waals surface area contributed by atoms with Crippen LogP contribution in [0.15, 0.2) is 59.4 Å². The van der Waals surface area contributed by atoms with Crippen molar-refractivity contribution >= 4 is 33.9 Å².